The Morgan fingerprint density at radius 3 is 2.75 bits per heavy atom. The minimum absolute atomic E-state index is 0.323. The van der Waals surface area contributed by atoms with Crippen LogP contribution < -0.4 is 11.1 Å². The van der Waals surface area contributed by atoms with Gasteiger partial charge in [0.25, 0.3) is 0 Å². The lowest BCUT2D eigenvalue weighted by molar-refractivity contribution is 0.362. The fraction of sp³-hybridized carbons (Fsp3) is 0.538. The average molecular weight is 283 g/mol. The second kappa shape index (κ2) is 4.76. The SMILES string of the molecule is CC1(NCc2cc(N)ccc2Br)CCCC1. The van der Waals surface area contributed by atoms with Crippen molar-refractivity contribution in [1.29, 1.82) is 0 Å². The van der Waals surface area contributed by atoms with Crippen LogP contribution in [0.5, 0.6) is 0 Å². The number of benzene rings is 1. The first-order chi connectivity index (χ1) is 7.59. The smallest absolute Gasteiger partial charge is 0.0318 e. The van der Waals surface area contributed by atoms with Gasteiger partial charge in [0.15, 0.2) is 0 Å². The molecule has 1 aromatic rings. The number of nitrogens with one attached hydrogen (secondary N) is 1. The molecule has 0 radical (unpaired) electrons. The lowest BCUT2D eigenvalue weighted by atomic mass is 10.0. The molecule has 1 aliphatic carbocycles. The normalized spacial score (nSPS) is 18.9. The molecule has 0 spiro atoms. The third-order valence-corrected chi connectivity index (χ3v) is 4.26. The van der Waals surface area contributed by atoms with Gasteiger partial charge in [-0.15, -0.1) is 0 Å². The Kier molecular flexibility index (Phi) is 3.55. The van der Waals surface area contributed by atoms with Gasteiger partial charge in [-0.2, -0.15) is 0 Å². The third kappa shape index (κ3) is 2.77. The Morgan fingerprint density at radius 2 is 2.06 bits per heavy atom. The van der Waals surface area contributed by atoms with E-state index in [1.807, 2.05) is 18.2 Å². The van der Waals surface area contributed by atoms with Crippen molar-refractivity contribution < 1.29 is 0 Å². The van der Waals surface area contributed by atoms with Gasteiger partial charge in [0, 0.05) is 22.2 Å². The molecule has 2 rings (SSSR count). The molecule has 1 fully saturated rings. The van der Waals surface area contributed by atoms with Gasteiger partial charge < -0.3 is 11.1 Å². The number of hydrogen-bond donors (Lipinski definition) is 2. The van der Waals surface area contributed by atoms with Crippen molar-refractivity contribution in [2.24, 2.45) is 0 Å². The highest BCUT2D eigenvalue weighted by atomic mass is 79.9. The van der Waals surface area contributed by atoms with Gasteiger partial charge in [-0.1, -0.05) is 28.8 Å². The highest BCUT2D eigenvalue weighted by Crippen LogP contribution is 2.30. The molecule has 0 bridgehead atoms. The number of nitrogen functional groups attached to an aromatic ring is 1. The number of halogens is 1. The molecule has 3 heteroatoms. The van der Waals surface area contributed by atoms with Crippen LogP contribution in [-0.2, 0) is 6.54 Å². The monoisotopic (exact) mass is 282 g/mol. The number of rotatable bonds is 3. The van der Waals surface area contributed by atoms with E-state index < -0.39 is 0 Å². The molecular formula is C13H19BrN2. The zero-order valence-electron chi connectivity index (χ0n) is 9.72. The number of nitrogens with two attached hydrogens (primary N) is 1. The first-order valence-corrected chi connectivity index (χ1v) is 6.67. The quantitative estimate of drug-likeness (QED) is 0.834. The van der Waals surface area contributed by atoms with Gasteiger partial charge in [0.05, 0.1) is 0 Å². The second-order valence-electron chi connectivity index (χ2n) is 4.97. The fourth-order valence-corrected chi connectivity index (χ4v) is 2.76. The van der Waals surface area contributed by atoms with E-state index in [4.69, 9.17) is 5.73 Å². The van der Waals surface area contributed by atoms with E-state index in [0.717, 1.165) is 16.7 Å². The maximum absolute atomic E-state index is 5.80. The summed E-state index contributed by atoms with van der Waals surface area (Å²) in [5.74, 6) is 0. The Balaban J connectivity index is 2.01. The molecule has 16 heavy (non-hydrogen) atoms. The molecule has 1 aliphatic rings. The van der Waals surface area contributed by atoms with E-state index in [9.17, 15) is 0 Å². The summed E-state index contributed by atoms with van der Waals surface area (Å²) in [4.78, 5) is 0. The van der Waals surface area contributed by atoms with Crippen molar-refractivity contribution in [3.63, 3.8) is 0 Å². The van der Waals surface area contributed by atoms with Gasteiger partial charge in [-0.05, 0) is 43.5 Å². The average Bonchev–Trinajstić information content (AvgIpc) is 2.67. The summed E-state index contributed by atoms with van der Waals surface area (Å²) >= 11 is 3.56. The molecule has 0 amide bonds. The molecule has 3 N–H and O–H groups in total. The zero-order valence-corrected chi connectivity index (χ0v) is 11.3. The summed E-state index contributed by atoms with van der Waals surface area (Å²) in [6.07, 6.45) is 5.27. The molecular weight excluding hydrogens is 264 g/mol. The molecule has 0 aromatic heterocycles. The van der Waals surface area contributed by atoms with E-state index in [1.54, 1.807) is 0 Å². The van der Waals surface area contributed by atoms with Gasteiger partial charge >= 0.3 is 0 Å². The van der Waals surface area contributed by atoms with Crippen molar-refractivity contribution >= 4 is 21.6 Å². The highest BCUT2D eigenvalue weighted by Gasteiger charge is 2.27. The molecule has 0 unspecified atom stereocenters. The largest absolute Gasteiger partial charge is 0.399 e. The second-order valence-corrected chi connectivity index (χ2v) is 5.83. The van der Waals surface area contributed by atoms with Gasteiger partial charge in [0.1, 0.15) is 0 Å². The van der Waals surface area contributed by atoms with Crippen LogP contribution in [0.25, 0.3) is 0 Å². The predicted octanol–water partition coefficient (Wildman–Crippen LogP) is 3.45. The lowest BCUT2D eigenvalue weighted by Gasteiger charge is -2.25. The summed E-state index contributed by atoms with van der Waals surface area (Å²) in [5, 5.41) is 3.66. The summed E-state index contributed by atoms with van der Waals surface area (Å²) < 4.78 is 1.13. The third-order valence-electron chi connectivity index (χ3n) is 3.48. The van der Waals surface area contributed by atoms with E-state index in [-0.39, 0.29) is 0 Å². The predicted molar refractivity (Wildman–Crippen MR) is 72.3 cm³/mol. The maximum atomic E-state index is 5.80. The van der Waals surface area contributed by atoms with E-state index in [1.165, 1.54) is 31.2 Å². The van der Waals surface area contributed by atoms with Crippen LogP contribution in [-0.4, -0.2) is 5.54 Å². The van der Waals surface area contributed by atoms with Crippen molar-refractivity contribution in [1.82, 2.24) is 5.32 Å². The van der Waals surface area contributed by atoms with Crippen LogP contribution in [0, 0.1) is 0 Å². The fourth-order valence-electron chi connectivity index (χ4n) is 2.37. The van der Waals surface area contributed by atoms with Crippen LogP contribution in [0.3, 0.4) is 0 Å². The van der Waals surface area contributed by atoms with E-state index in [2.05, 4.69) is 28.2 Å². The molecule has 88 valence electrons. The van der Waals surface area contributed by atoms with E-state index in [0.29, 0.717) is 5.54 Å². The molecule has 0 aliphatic heterocycles. The number of anilines is 1. The van der Waals surface area contributed by atoms with Gasteiger partial charge in [-0.25, -0.2) is 0 Å². The van der Waals surface area contributed by atoms with Crippen molar-refractivity contribution in [2.75, 3.05) is 5.73 Å². The maximum Gasteiger partial charge on any atom is 0.0318 e. The van der Waals surface area contributed by atoms with Crippen LogP contribution >= 0.6 is 15.9 Å². The highest BCUT2D eigenvalue weighted by molar-refractivity contribution is 9.10. The molecule has 1 aromatic carbocycles. The van der Waals surface area contributed by atoms with Crippen LogP contribution in [0.15, 0.2) is 22.7 Å². The Morgan fingerprint density at radius 1 is 1.38 bits per heavy atom. The Bertz CT molecular complexity index is 370. The first kappa shape index (κ1) is 11.9. The van der Waals surface area contributed by atoms with Crippen molar-refractivity contribution in [3.8, 4) is 0 Å². The molecule has 1 saturated carbocycles. The van der Waals surface area contributed by atoms with E-state index >= 15 is 0 Å². The van der Waals surface area contributed by atoms with Gasteiger partial charge in [-0.3, -0.25) is 0 Å². The standard InChI is InChI=1S/C13H19BrN2/c1-13(6-2-3-7-13)16-9-10-8-11(15)4-5-12(10)14/h4-5,8,16H,2-3,6-7,9,15H2,1H3. The van der Waals surface area contributed by atoms with Gasteiger partial charge in [0.2, 0.25) is 0 Å². The van der Waals surface area contributed by atoms with Crippen LogP contribution in [0.2, 0.25) is 0 Å². The Labute approximate surface area is 106 Å². The molecule has 2 nitrogen and oxygen atoms in total. The summed E-state index contributed by atoms with van der Waals surface area (Å²) in [6, 6.07) is 5.98. The summed E-state index contributed by atoms with van der Waals surface area (Å²) in [5.41, 5.74) is 8.19. The van der Waals surface area contributed by atoms with Crippen molar-refractivity contribution in [3.05, 3.63) is 28.2 Å². The summed E-state index contributed by atoms with van der Waals surface area (Å²) in [6.45, 7) is 3.21. The minimum Gasteiger partial charge on any atom is -0.399 e. The van der Waals surface area contributed by atoms with Crippen molar-refractivity contribution in [2.45, 2.75) is 44.7 Å². The van der Waals surface area contributed by atoms with Crippen LogP contribution in [0.1, 0.15) is 38.2 Å². The first-order valence-electron chi connectivity index (χ1n) is 5.88. The molecule has 0 saturated heterocycles. The minimum atomic E-state index is 0.323. The lowest BCUT2D eigenvalue weighted by Crippen LogP contribution is -2.38. The summed E-state index contributed by atoms with van der Waals surface area (Å²) in [7, 11) is 0. The molecule has 0 heterocycles. The number of hydrogen-bond acceptors (Lipinski definition) is 2. The molecule has 0 atom stereocenters. The van der Waals surface area contributed by atoms with Crippen LogP contribution in [0.4, 0.5) is 5.69 Å². The topological polar surface area (TPSA) is 38.0 Å². The zero-order chi connectivity index (χ0) is 11.6. The Hall–Kier alpha value is -0.540.